The lowest BCUT2D eigenvalue weighted by Gasteiger charge is -2.36. The lowest BCUT2D eigenvalue weighted by atomic mass is 9.91. The van der Waals surface area contributed by atoms with Gasteiger partial charge in [0.25, 0.3) is 0 Å². The summed E-state index contributed by atoms with van der Waals surface area (Å²) in [6.07, 6.45) is 0.300. The molecule has 4 atom stereocenters. The first kappa shape index (κ1) is 12.4. The zero-order valence-electron chi connectivity index (χ0n) is 9.56. The molecule has 0 aromatic carbocycles. The second-order valence-electron chi connectivity index (χ2n) is 4.31. The van der Waals surface area contributed by atoms with Gasteiger partial charge in [-0.05, 0) is 20.8 Å². The van der Waals surface area contributed by atoms with E-state index in [1.165, 1.54) is 0 Å². The zero-order chi connectivity index (χ0) is 11.5. The molecule has 1 N–H and O–H groups in total. The van der Waals surface area contributed by atoms with Crippen molar-refractivity contribution in [2.75, 3.05) is 6.61 Å². The van der Waals surface area contributed by atoms with Crippen LogP contribution < -0.4 is 0 Å². The number of ether oxygens (including phenoxy) is 2. The number of rotatable bonds is 3. The molecule has 0 radical (unpaired) electrons. The molecule has 0 bridgehead atoms. The van der Waals surface area contributed by atoms with Gasteiger partial charge >= 0.3 is 0 Å². The smallest absolute Gasteiger partial charge is 0.159 e. The molecule has 0 aromatic heterocycles. The lowest BCUT2D eigenvalue weighted by Crippen LogP contribution is -2.45. The molecule has 15 heavy (non-hydrogen) atoms. The van der Waals surface area contributed by atoms with E-state index < -0.39 is 11.7 Å². The first-order valence-electron chi connectivity index (χ1n) is 5.38. The van der Waals surface area contributed by atoms with Gasteiger partial charge in [0.1, 0.15) is 0 Å². The second-order valence-corrected chi connectivity index (χ2v) is 4.31. The molecule has 1 aliphatic heterocycles. The van der Waals surface area contributed by atoms with Crippen LogP contribution in [-0.4, -0.2) is 35.6 Å². The van der Waals surface area contributed by atoms with Gasteiger partial charge in [-0.1, -0.05) is 0 Å². The van der Waals surface area contributed by atoms with Crippen LogP contribution >= 0.6 is 0 Å². The van der Waals surface area contributed by atoms with Gasteiger partial charge in [0.2, 0.25) is 0 Å². The Morgan fingerprint density at radius 2 is 2.27 bits per heavy atom. The summed E-state index contributed by atoms with van der Waals surface area (Å²) in [5.74, 6) is 0. The Labute approximate surface area is 90.8 Å². The average Bonchev–Trinajstić information content (AvgIpc) is 2.17. The fourth-order valence-corrected chi connectivity index (χ4v) is 1.74. The summed E-state index contributed by atoms with van der Waals surface area (Å²) in [6.45, 7) is 5.92. The first-order chi connectivity index (χ1) is 6.99. The van der Waals surface area contributed by atoms with E-state index in [0.29, 0.717) is 19.4 Å². The molecule has 0 aromatic rings. The molecule has 4 unspecified atom stereocenters. The topological polar surface area (TPSA) is 62.5 Å². The highest BCUT2D eigenvalue weighted by Gasteiger charge is 2.38. The summed E-state index contributed by atoms with van der Waals surface area (Å²) >= 11 is 0. The van der Waals surface area contributed by atoms with Crippen LogP contribution in [0.25, 0.3) is 0 Å². The first-order valence-corrected chi connectivity index (χ1v) is 5.38. The normalized spacial score (nSPS) is 35.5. The van der Waals surface area contributed by atoms with Gasteiger partial charge in [0.05, 0.1) is 31.0 Å². The average molecular weight is 213 g/mol. The Bertz CT molecular complexity index is 249. The van der Waals surface area contributed by atoms with E-state index in [9.17, 15) is 10.4 Å². The number of hydrogen-bond donors (Lipinski definition) is 1. The van der Waals surface area contributed by atoms with Gasteiger partial charge in [-0.25, -0.2) is 0 Å². The molecule has 0 aliphatic carbocycles. The standard InChI is InChI=1S/C11H19NO3/c1-8-6-11(7-12,4-5-14-8)15-10(3)9(2)13/h8-10,13H,4-6H2,1-3H3. The maximum Gasteiger partial charge on any atom is 0.159 e. The van der Waals surface area contributed by atoms with E-state index in [1.807, 2.05) is 6.92 Å². The summed E-state index contributed by atoms with van der Waals surface area (Å²) in [7, 11) is 0. The number of nitrogens with zero attached hydrogens (tertiary/aromatic N) is 1. The Morgan fingerprint density at radius 1 is 1.60 bits per heavy atom. The van der Waals surface area contributed by atoms with Crippen molar-refractivity contribution in [1.29, 1.82) is 5.26 Å². The van der Waals surface area contributed by atoms with Crippen molar-refractivity contribution >= 4 is 0 Å². The Balaban J connectivity index is 2.64. The zero-order valence-corrected chi connectivity index (χ0v) is 9.56. The second kappa shape index (κ2) is 4.93. The molecule has 0 spiro atoms. The van der Waals surface area contributed by atoms with Crippen LogP contribution in [0.3, 0.4) is 0 Å². The Kier molecular flexibility index (Phi) is 4.09. The van der Waals surface area contributed by atoms with Gasteiger partial charge in [-0.15, -0.1) is 0 Å². The molecule has 0 saturated carbocycles. The van der Waals surface area contributed by atoms with Crippen molar-refractivity contribution in [3.8, 4) is 6.07 Å². The Morgan fingerprint density at radius 3 is 2.73 bits per heavy atom. The van der Waals surface area contributed by atoms with Crippen molar-refractivity contribution in [2.24, 2.45) is 0 Å². The van der Waals surface area contributed by atoms with Crippen LogP contribution in [0.4, 0.5) is 0 Å². The monoisotopic (exact) mass is 213 g/mol. The summed E-state index contributed by atoms with van der Waals surface area (Å²) < 4.78 is 11.1. The van der Waals surface area contributed by atoms with E-state index in [0.717, 1.165) is 0 Å². The van der Waals surface area contributed by atoms with Crippen molar-refractivity contribution in [3.05, 3.63) is 0 Å². The summed E-state index contributed by atoms with van der Waals surface area (Å²) in [4.78, 5) is 0. The van der Waals surface area contributed by atoms with E-state index in [2.05, 4.69) is 6.07 Å². The van der Waals surface area contributed by atoms with Gasteiger partial charge in [-0.3, -0.25) is 0 Å². The van der Waals surface area contributed by atoms with Crippen molar-refractivity contribution in [2.45, 2.75) is 57.5 Å². The molecule has 0 amide bonds. The SMILES string of the molecule is CC1CC(C#N)(OC(C)C(C)O)CCO1. The maximum absolute atomic E-state index is 9.36. The predicted octanol–water partition coefficient (Wildman–Crippen LogP) is 1.23. The van der Waals surface area contributed by atoms with E-state index in [1.54, 1.807) is 13.8 Å². The van der Waals surface area contributed by atoms with Crippen LogP contribution in [0.2, 0.25) is 0 Å². The molecule has 1 aliphatic rings. The minimum absolute atomic E-state index is 0.0413. The summed E-state index contributed by atoms with van der Waals surface area (Å²) in [5, 5.41) is 18.5. The molecule has 4 nitrogen and oxygen atoms in total. The fourth-order valence-electron chi connectivity index (χ4n) is 1.74. The molecule has 1 saturated heterocycles. The third-order valence-corrected chi connectivity index (χ3v) is 2.82. The number of aliphatic hydroxyl groups excluding tert-OH is 1. The molecular formula is C11H19NO3. The van der Waals surface area contributed by atoms with Crippen LogP contribution in [0.15, 0.2) is 0 Å². The van der Waals surface area contributed by atoms with Crippen molar-refractivity contribution in [1.82, 2.24) is 0 Å². The van der Waals surface area contributed by atoms with Crippen molar-refractivity contribution < 1.29 is 14.6 Å². The van der Waals surface area contributed by atoms with Gasteiger partial charge < -0.3 is 14.6 Å². The maximum atomic E-state index is 9.36. The molecule has 1 rings (SSSR count). The molecular weight excluding hydrogens is 194 g/mol. The largest absolute Gasteiger partial charge is 0.391 e. The molecule has 4 heteroatoms. The Hall–Kier alpha value is -0.630. The third kappa shape index (κ3) is 3.16. The number of aliphatic hydroxyl groups is 1. The third-order valence-electron chi connectivity index (χ3n) is 2.82. The van der Waals surface area contributed by atoms with Crippen LogP contribution in [0.1, 0.15) is 33.6 Å². The highest BCUT2D eigenvalue weighted by Crippen LogP contribution is 2.29. The summed E-state index contributed by atoms with van der Waals surface area (Å²) in [6, 6.07) is 2.22. The van der Waals surface area contributed by atoms with Crippen LogP contribution in [0, 0.1) is 11.3 Å². The summed E-state index contributed by atoms with van der Waals surface area (Å²) in [5.41, 5.74) is -0.784. The van der Waals surface area contributed by atoms with Gasteiger partial charge in [-0.2, -0.15) is 5.26 Å². The van der Waals surface area contributed by atoms with Crippen LogP contribution in [0.5, 0.6) is 0 Å². The van der Waals surface area contributed by atoms with Crippen molar-refractivity contribution in [3.63, 3.8) is 0 Å². The molecule has 1 heterocycles. The molecule has 86 valence electrons. The molecule has 1 fully saturated rings. The highest BCUT2D eigenvalue weighted by molar-refractivity contribution is 5.05. The lowest BCUT2D eigenvalue weighted by molar-refractivity contribution is -0.148. The highest BCUT2D eigenvalue weighted by atomic mass is 16.5. The predicted molar refractivity (Wildman–Crippen MR) is 55.2 cm³/mol. The van der Waals surface area contributed by atoms with E-state index in [4.69, 9.17) is 9.47 Å². The van der Waals surface area contributed by atoms with Gasteiger partial charge in [0, 0.05) is 12.8 Å². The number of hydrogen-bond acceptors (Lipinski definition) is 4. The van der Waals surface area contributed by atoms with Gasteiger partial charge in [0.15, 0.2) is 5.60 Å². The van der Waals surface area contributed by atoms with E-state index in [-0.39, 0.29) is 12.2 Å². The fraction of sp³-hybridized carbons (Fsp3) is 0.909. The number of nitriles is 1. The minimum Gasteiger partial charge on any atom is -0.391 e. The van der Waals surface area contributed by atoms with Crippen LogP contribution in [-0.2, 0) is 9.47 Å². The quantitative estimate of drug-likeness (QED) is 0.766. The minimum atomic E-state index is -0.784. The van der Waals surface area contributed by atoms with E-state index >= 15 is 0 Å².